The van der Waals surface area contributed by atoms with E-state index in [1.807, 2.05) is 0 Å². The van der Waals surface area contributed by atoms with Crippen LogP contribution in [0, 0.1) is 0 Å². The number of hydrogen-bond acceptors (Lipinski definition) is 4. The van der Waals surface area contributed by atoms with Gasteiger partial charge in [-0.3, -0.25) is 19.8 Å². The quantitative estimate of drug-likeness (QED) is 0.460. The van der Waals surface area contributed by atoms with E-state index in [1.54, 1.807) is 36.4 Å². The molecule has 0 saturated carbocycles. The van der Waals surface area contributed by atoms with E-state index < -0.39 is 11.8 Å². The van der Waals surface area contributed by atoms with Crippen molar-refractivity contribution in [2.24, 2.45) is 0 Å². The number of phenols is 1. The molecule has 0 bridgehead atoms. The molecule has 1 fully saturated rings. The second-order valence-corrected chi connectivity index (χ2v) is 6.33. The summed E-state index contributed by atoms with van der Waals surface area (Å²) in [5.41, 5.74) is 1.15. The lowest BCUT2D eigenvalue weighted by atomic mass is 10.1. The number of phenolic OH excluding ortho intramolecular Hbond substituents is 1. The first-order valence-electron chi connectivity index (χ1n) is 6.92. The number of hydrogen-bond donors (Lipinski definition) is 2. The van der Waals surface area contributed by atoms with Crippen LogP contribution in [0.3, 0.4) is 0 Å². The Hall–Kier alpha value is -2.51. The van der Waals surface area contributed by atoms with Crippen molar-refractivity contribution in [1.29, 1.82) is 0 Å². The molecule has 1 aliphatic heterocycles. The average Bonchev–Trinajstić information content (AvgIpc) is 2.55. The first-order valence-corrected chi connectivity index (χ1v) is 8.12. The Bertz CT molecular complexity index is 860. The van der Waals surface area contributed by atoms with Crippen molar-refractivity contribution < 1.29 is 14.7 Å². The van der Waals surface area contributed by atoms with Gasteiger partial charge >= 0.3 is 0 Å². The van der Waals surface area contributed by atoms with Crippen molar-refractivity contribution in [2.45, 2.75) is 0 Å². The highest BCUT2D eigenvalue weighted by Crippen LogP contribution is 2.24. The Kier molecular flexibility index (Phi) is 4.46. The van der Waals surface area contributed by atoms with Gasteiger partial charge in [0.1, 0.15) is 11.3 Å². The number of anilines is 1. The smallest absolute Gasteiger partial charge is 0.270 e. The zero-order chi connectivity index (χ0) is 17.3. The molecule has 1 aliphatic rings. The Morgan fingerprint density at radius 3 is 2.29 bits per heavy atom. The minimum atomic E-state index is -0.550. The van der Waals surface area contributed by atoms with E-state index in [4.69, 9.17) is 12.2 Å². The van der Waals surface area contributed by atoms with Crippen molar-refractivity contribution in [3.8, 4) is 5.75 Å². The highest BCUT2D eigenvalue weighted by Gasteiger charge is 2.34. The van der Waals surface area contributed by atoms with Gasteiger partial charge in [0.05, 0.1) is 5.69 Å². The number of aromatic hydroxyl groups is 1. The average molecular weight is 403 g/mol. The molecule has 0 unspecified atom stereocenters. The topological polar surface area (TPSA) is 69.6 Å². The van der Waals surface area contributed by atoms with Crippen molar-refractivity contribution in [3.63, 3.8) is 0 Å². The summed E-state index contributed by atoms with van der Waals surface area (Å²) < 4.78 is 0.866. The van der Waals surface area contributed by atoms with Gasteiger partial charge in [-0.25, -0.2) is 0 Å². The van der Waals surface area contributed by atoms with Gasteiger partial charge in [-0.05, 0) is 60.3 Å². The van der Waals surface area contributed by atoms with E-state index in [0.29, 0.717) is 11.3 Å². The van der Waals surface area contributed by atoms with Crippen molar-refractivity contribution in [1.82, 2.24) is 5.32 Å². The van der Waals surface area contributed by atoms with Crippen LogP contribution in [0.1, 0.15) is 5.56 Å². The minimum absolute atomic E-state index is 0.0304. The molecule has 2 amide bonds. The molecule has 3 rings (SSSR count). The molecule has 2 aromatic carbocycles. The van der Waals surface area contributed by atoms with Crippen LogP contribution >= 0.6 is 28.1 Å². The number of carbonyl (C=O) groups is 2. The fourth-order valence-corrected chi connectivity index (χ4v) is 2.76. The summed E-state index contributed by atoms with van der Waals surface area (Å²) >= 11 is 8.47. The first-order chi connectivity index (χ1) is 11.5. The predicted octanol–water partition coefficient (Wildman–Crippen LogP) is 2.99. The fraction of sp³-hybridized carbons (Fsp3) is 0. The minimum Gasteiger partial charge on any atom is -0.508 e. The summed E-state index contributed by atoms with van der Waals surface area (Å²) in [5, 5.41) is 11.9. The van der Waals surface area contributed by atoms with Gasteiger partial charge in [0.25, 0.3) is 11.8 Å². The third-order valence-electron chi connectivity index (χ3n) is 3.39. The van der Waals surface area contributed by atoms with Crippen LogP contribution in [-0.2, 0) is 9.59 Å². The Morgan fingerprint density at radius 1 is 1.04 bits per heavy atom. The van der Waals surface area contributed by atoms with E-state index in [2.05, 4.69) is 21.2 Å². The standard InChI is InChI=1S/C17H11BrN2O3S/c18-11-3-5-12(6-4-11)20-16(23)14(15(22)19-17(20)24)9-10-1-7-13(21)8-2-10/h1-9,21H,(H,19,22,24)/b14-9-. The van der Waals surface area contributed by atoms with Gasteiger partial charge in [-0.15, -0.1) is 0 Å². The number of amides is 2. The summed E-state index contributed by atoms with van der Waals surface area (Å²) in [4.78, 5) is 26.2. The predicted molar refractivity (Wildman–Crippen MR) is 98.5 cm³/mol. The van der Waals surface area contributed by atoms with Gasteiger partial charge in [0.2, 0.25) is 0 Å². The Morgan fingerprint density at radius 2 is 1.67 bits per heavy atom. The van der Waals surface area contributed by atoms with E-state index >= 15 is 0 Å². The summed E-state index contributed by atoms with van der Waals surface area (Å²) in [5.74, 6) is -0.945. The molecule has 0 aliphatic carbocycles. The molecule has 0 spiro atoms. The number of carbonyl (C=O) groups excluding carboxylic acids is 2. The number of nitrogens with one attached hydrogen (secondary N) is 1. The maximum Gasteiger partial charge on any atom is 0.270 e. The summed E-state index contributed by atoms with van der Waals surface area (Å²) in [6.07, 6.45) is 1.46. The van der Waals surface area contributed by atoms with Crippen molar-refractivity contribution in [3.05, 3.63) is 64.1 Å². The third kappa shape index (κ3) is 3.22. The van der Waals surface area contributed by atoms with E-state index in [-0.39, 0.29) is 16.4 Å². The highest BCUT2D eigenvalue weighted by molar-refractivity contribution is 9.10. The van der Waals surface area contributed by atoms with Crippen LogP contribution in [0.25, 0.3) is 6.08 Å². The fourth-order valence-electron chi connectivity index (χ4n) is 2.22. The molecular formula is C17H11BrN2O3S. The summed E-state index contributed by atoms with van der Waals surface area (Å²) in [7, 11) is 0. The highest BCUT2D eigenvalue weighted by atomic mass is 79.9. The SMILES string of the molecule is O=C1NC(=S)N(c2ccc(Br)cc2)C(=O)/C1=C\c1ccc(O)cc1. The Balaban J connectivity index is 1.99. The van der Waals surface area contributed by atoms with E-state index in [9.17, 15) is 14.7 Å². The molecule has 0 atom stereocenters. The molecule has 1 saturated heterocycles. The van der Waals surface area contributed by atoms with E-state index in [0.717, 1.165) is 4.47 Å². The molecule has 2 aromatic rings. The van der Waals surface area contributed by atoms with Crippen LogP contribution in [0.4, 0.5) is 5.69 Å². The van der Waals surface area contributed by atoms with Crippen LogP contribution in [0.15, 0.2) is 58.6 Å². The molecule has 0 radical (unpaired) electrons. The molecule has 7 heteroatoms. The Labute approximate surface area is 151 Å². The maximum absolute atomic E-state index is 12.8. The largest absolute Gasteiger partial charge is 0.508 e. The zero-order valence-electron chi connectivity index (χ0n) is 12.2. The van der Waals surface area contributed by atoms with Crippen molar-refractivity contribution >= 4 is 56.8 Å². The molecule has 120 valence electrons. The number of nitrogens with zero attached hydrogens (tertiary/aromatic N) is 1. The molecule has 2 N–H and O–H groups in total. The second-order valence-electron chi connectivity index (χ2n) is 5.03. The first kappa shape index (κ1) is 16.4. The van der Waals surface area contributed by atoms with E-state index in [1.165, 1.54) is 23.1 Å². The van der Waals surface area contributed by atoms with Gasteiger partial charge in [0, 0.05) is 4.47 Å². The number of rotatable bonds is 2. The van der Waals surface area contributed by atoms with Crippen LogP contribution in [0.5, 0.6) is 5.75 Å². The normalized spacial score (nSPS) is 16.5. The third-order valence-corrected chi connectivity index (χ3v) is 4.20. The number of benzene rings is 2. The van der Waals surface area contributed by atoms with Gasteiger partial charge in [-0.2, -0.15) is 0 Å². The van der Waals surface area contributed by atoms with Gasteiger partial charge in [0.15, 0.2) is 5.11 Å². The maximum atomic E-state index is 12.8. The lowest BCUT2D eigenvalue weighted by Crippen LogP contribution is -2.54. The van der Waals surface area contributed by atoms with Crippen molar-refractivity contribution in [2.75, 3.05) is 4.90 Å². The number of thiocarbonyl (C=S) groups is 1. The van der Waals surface area contributed by atoms with Crippen LogP contribution < -0.4 is 10.2 Å². The second kappa shape index (κ2) is 6.54. The van der Waals surface area contributed by atoms with Gasteiger partial charge < -0.3 is 5.11 Å². The van der Waals surface area contributed by atoms with Crippen LogP contribution in [0.2, 0.25) is 0 Å². The van der Waals surface area contributed by atoms with Crippen LogP contribution in [-0.4, -0.2) is 22.0 Å². The molecule has 5 nitrogen and oxygen atoms in total. The molecule has 24 heavy (non-hydrogen) atoms. The zero-order valence-corrected chi connectivity index (χ0v) is 14.6. The molecular weight excluding hydrogens is 392 g/mol. The number of halogens is 1. The summed E-state index contributed by atoms with van der Waals surface area (Å²) in [6.45, 7) is 0. The lowest BCUT2D eigenvalue weighted by molar-refractivity contribution is -0.122. The monoisotopic (exact) mass is 402 g/mol. The lowest BCUT2D eigenvalue weighted by Gasteiger charge is -2.28. The summed E-state index contributed by atoms with van der Waals surface area (Å²) in [6, 6.07) is 13.2. The molecule has 0 aromatic heterocycles. The van der Waals surface area contributed by atoms with Gasteiger partial charge in [-0.1, -0.05) is 28.1 Å². The molecule has 1 heterocycles.